The molecule has 0 saturated heterocycles. The number of nitrogens with one attached hydrogen (secondary N) is 1. The van der Waals surface area contributed by atoms with Crippen LogP contribution in [0.15, 0.2) is 6.07 Å². The predicted molar refractivity (Wildman–Crippen MR) is 83.6 cm³/mol. The SMILES string of the molecule is Cc1cc(CNC2C3(C)CCC(C3)C2(C)C)sc1C. The van der Waals surface area contributed by atoms with E-state index in [4.69, 9.17) is 0 Å². The molecule has 1 aromatic heterocycles. The Bertz CT molecular complexity index is 463. The number of fused-ring (bicyclic) bond motifs is 2. The van der Waals surface area contributed by atoms with Gasteiger partial charge in [0.05, 0.1) is 0 Å². The minimum atomic E-state index is 0.467. The maximum Gasteiger partial charge on any atom is 0.0302 e. The van der Waals surface area contributed by atoms with Gasteiger partial charge in [-0.2, -0.15) is 0 Å². The van der Waals surface area contributed by atoms with Gasteiger partial charge in [0.1, 0.15) is 0 Å². The van der Waals surface area contributed by atoms with Crippen LogP contribution in [0.3, 0.4) is 0 Å². The summed E-state index contributed by atoms with van der Waals surface area (Å²) < 4.78 is 0. The molecule has 2 heteroatoms. The molecular formula is C17H27NS. The van der Waals surface area contributed by atoms with Gasteiger partial charge in [-0.1, -0.05) is 20.8 Å². The first-order chi connectivity index (χ1) is 8.83. The molecule has 106 valence electrons. The maximum atomic E-state index is 3.91. The van der Waals surface area contributed by atoms with Crippen molar-refractivity contribution < 1.29 is 0 Å². The molecule has 1 nitrogen and oxygen atoms in total. The van der Waals surface area contributed by atoms with E-state index >= 15 is 0 Å². The van der Waals surface area contributed by atoms with Crippen LogP contribution in [-0.2, 0) is 6.54 Å². The first-order valence-electron chi connectivity index (χ1n) is 7.62. The molecule has 1 heterocycles. The predicted octanol–water partition coefficient (Wildman–Crippen LogP) is 4.67. The van der Waals surface area contributed by atoms with Crippen LogP contribution in [-0.4, -0.2) is 6.04 Å². The third kappa shape index (κ3) is 2.08. The van der Waals surface area contributed by atoms with Crippen molar-refractivity contribution in [1.82, 2.24) is 5.32 Å². The van der Waals surface area contributed by atoms with Gasteiger partial charge in [0, 0.05) is 22.3 Å². The Kier molecular flexibility index (Phi) is 3.10. The lowest BCUT2D eigenvalue weighted by molar-refractivity contribution is 0.108. The second kappa shape index (κ2) is 4.33. The Morgan fingerprint density at radius 2 is 2.05 bits per heavy atom. The fraction of sp³-hybridized carbons (Fsp3) is 0.765. The summed E-state index contributed by atoms with van der Waals surface area (Å²) >= 11 is 1.95. The van der Waals surface area contributed by atoms with Crippen LogP contribution < -0.4 is 5.32 Å². The van der Waals surface area contributed by atoms with Crippen LogP contribution in [0.1, 0.15) is 55.4 Å². The summed E-state index contributed by atoms with van der Waals surface area (Å²) in [6, 6.07) is 3.04. The molecule has 2 saturated carbocycles. The largest absolute Gasteiger partial charge is 0.308 e. The average Bonchev–Trinajstić information content (AvgIpc) is 2.89. The third-order valence-corrected chi connectivity index (χ3v) is 7.12. The second-order valence-electron chi connectivity index (χ2n) is 7.68. The van der Waals surface area contributed by atoms with Crippen LogP contribution in [0.5, 0.6) is 0 Å². The summed E-state index contributed by atoms with van der Waals surface area (Å²) in [6.07, 6.45) is 4.29. The molecule has 1 N–H and O–H groups in total. The molecule has 3 atom stereocenters. The Balaban J connectivity index is 1.73. The molecule has 0 aliphatic heterocycles. The molecule has 3 rings (SSSR count). The highest BCUT2D eigenvalue weighted by Crippen LogP contribution is 2.62. The lowest BCUT2D eigenvalue weighted by Gasteiger charge is -2.43. The zero-order chi connectivity index (χ0) is 13.8. The normalized spacial score (nSPS) is 36.1. The number of aryl methyl sites for hydroxylation is 2. The Morgan fingerprint density at radius 3 is 2.58 bits per heavy atom. The third-order valence-electron chi connectivity index (χ3n) is 5.97. The van der Waals surface area contributed by atoms with Crippen molar-refractivity contribution in [3.05, 3.63) is 21.4 Å². The summed E-state index contributed by atoms with van der Waals surface area (Å²) in [5.41, 5.74) is 2.45. The maximum absolute atomic E-state index is 3.91. The molecule has 19 heavy (non-hydrogen) atoms. The van der Waals surface area contributed by atoms with Crippen molar-refractivity contribution >= 4 is 11.3 Å². The highest BCUT2D eigenvalue weighted by atomic mass is 32.1. The molecule has 0 radical (unpaired) electrons. The molecular weight excluding hydrogens is 250 g/mol. The molecule has 2 aliphatic carbocycles. The van der Waals surface area contributed by atoms with E-state index in [9.17, 15) is 0 Å². The Morgan fingerprint density at radius 1 is 1.32 bits per heavy atom. The van der Waals surface area contributed by atoms with Crippen molar-refractivity contribution in [2.24, 2.45) is 16.7 Å². The molecule has 2 aliphatic rings. The van der Waals surface area contributed by atoms with Crippen LogP contribution in [0.2, 0.25) is 0 Å². The van der Waals surface area contributed by atoms with E-state index in [1.54, 1.807) is 0 Å². The quantitative estimate of drug-likeness (QED) is 0.846. The van der Waals surface area contributed by atoms with E-state index in [1.807, 2.05) is 11.3 Å². The lowest BCUT2D eigenvalue weighted by atomic mass is 9.68. The molecule has 0 spiro atoms. The molecule has 1 aromatic rings. The highest BCUT2D eigenvalue weighted by Gasteiger charge is 2.58. The smallest absolute Gasteiger partial charge is 0.0302 e. The topological polar surface area (TPSA) is 12.0 Å². The van der Waals surface area contributed by atoms with Crippen LogP contribution in [0.4, 0.5) is 0 Å². The molecule has 2 fully saturated rings. The number of hydrogen-bond acceptors (Lipinski definition) is 2. The van der Waals surface area contributed by atoms with Gasteiger partial charge in [-0.3, -0.25) is 0 Å². The summed E-state index contributed by atoms with van der Waals surface area (Å²) in [6.45, 7) is 13.0. The Hall–Kier alpha value is -0.340. The van der Waals surface area contributed by atoms with Crippen molar-refractivity contribution in [2.45, 2.75) is 66.5 Å². The zero-order valence-electron chi connectivity index (χ0n) is 13.0. The van der Waals surface area contributed by atoms with Gasteiger partial charge in [0.25, 0.3) is 0 Å². The standard InChI is InChI=1S/C17H27NS/c1-11-8-14(19-12(11)2)10-18-15-16(3,4)13-6-7-17(15,5)9-13/h8,13,15,18H,6-7,9-10H2,1-5H3. The minimum absolute atomic E-state index is 0.467. The van der Waals surface area contributed by atoms with Crippen LogP contribution in [0, 0.1) is 30.6 Å². The molecule has 0 aromatic carbocycles. The summed E-state index contributed by atoms with van der Waals surface area (Å²) in [5, 5.41) is 3.91. The van der Waals surface area contributed by atoms with Crippen molar-refractivity contribution in [1.29, 1.82) is 0 Å². The van der Waals surface area contributed by atoms with E-state index < -0.39 is 0 Å². The highest BCUT2D eigenvalue weighted by molar-refractivity contribution is 7.12. The first-order valence-corrected chi connectivity index (χ1v) is 8.44. The average molecular weight is 277 g/mol. The number of rotatable bonds is 3. The fourth-order valence-corrected chi connectivity index (χ4v) is 5.76. The van der Waals surface area contributed by atoms with Gasteiger partial charge < -0.3 is 5.32 Å². The van der Waals surface area contributed by atoms with E-state index in [2.05, 4.69) is 46.0 Å². The molecule has 2 bridgehead atoms. The number of thiophene rings is 1. The van der Waals surface area contributed by atoms with Gasteiger partial charge >= 0.3 is 0 Å². The van der Waals surface area contributed by atoms with E-state index in [0.717, 1.165) is 12.5 Å². The molecule has 3 unspecified atom stereocenters. The Labute approximate surface area is 121 Å². The molecule has 0 amide bonds. The van der Waals surface area contributed by atoms with Crippen LogP contribution >= 0.6 is 11.3 Å². The van der Waals surface area contributed by atoms with Crippen molar-refractivity contribution in [2.75, 3.05) is 0 Å². The fourth-order valence-electron chi connectivity index (χ4n) is 4.75. The van der Waals surface area contributed by atoms with Gasteiger partial charge in [0.2, 0.25) is 0 Å². The first kappa shape index (κ1) is 13.6. The van der Waals surface area contributed by atoms with E-state index in [0.29, 0.717) is 16.9 Å². The monoisotopic (exact) mass is 277 g/mol. The zero-order valence-corrected chi connectivity index (χ0v) is 13.8. The number of hydrogen-bond donors (Lipinski definition) is 1. The van der Waals surface area contributed by atoms with E-state index in [1.165, 1.54) is 34.6 Å². The second-order valence-corrected chi connectivity index (χ2v) is 9.02. The lowest BCUT2D eigenvalue weighted by Crippen LogP contribution is -2.49. The van der Waals surface area contributed by atoms with Crippen molar-refractivity contribution in [3.8, 4) is 0 Å². The summed E-state index contributed by atoms with van der Waals surface area (Å²) in [5.74, 6) is 0.932. The van der Waals surface area contributed by atoms with Gasteiger partial charge in [-0.05, 0) is 61.5 Å². The van der Waals surface area contributed by atoms with Crippen molar-refractivity contribution in [3.63, 3.8) is 0 Å². The van der Waals surface area contributed by atoms with Gasteiger partial charge in [-0.25, -0.2) is 0 Å². The summed E-state index contributed by atoms with van der Waals surface area (Å²) in [7, 11) is 0. The minimum Gasteiger partial charge on any atom is -0.308 e. The van der Waals surface area contributed by atoms with Gasteiger partial charge in [0.15, 0.2) is 0 Å². The summed E-state index contributed by atoms with van der Waals surface area (Å²) in [4.78, 5) is 2.97. The van der Waals surface area contributed by atoms with Crippen LogP contribution in [0.25, 0.3) is 0 Å². The van der Waals surface area contributed by atoms with E-state index in [-0.39, 0.29) is 0 Å². The van der Waals surface area contributed by atoms with Gasteiger partial charge in [-0.15, -0.1) is 11.3 Å².